The van der Waals surface area contributed by atoms with Crippen LogP contribution in [0.5, 0.6) is 0 Å². The van der Waals surface area contributed by atoms with Crippen LogP contribution in [0.2, 0.25) is 0 Å². The highest BCUT2D eigenvalue weighted by molar-refractivity contribution is 5.76. The average molecular weight is 237 g/mol. The van der Waals surface area contributed by atoms with Crippen LogP contribution in [0.3, 0.4) is 0 Å². The van der Waals surface area contributed by atoms with Gasteiger partial charge in [0.2, 0.25) is 0 Å². The number of hydrogen-bond donors (Lipinski definition) is 2. The van der Waals surface area contributed by atoms with E-state index in [9.17, 15) is 9.50 Å². The maximum atomic E-state index is 13.2. The van der Waals surface area contributed by atoms with Gasteiger partial charge in [0.05, 0.1) is 23.2 Å². The van der Waals surface area contributed by atoms with Gasteiger partial charge < -0.3 is 15.4 Å². The summed E-state index contributed by atoms with van der Waals surface area (Å²) >= 11 is 0. The van der Waals surface area contributed by atoms with Crippen LogP contribution >= 0.6 is 0 Å². The van der Waals surface area contributed by atoms with Gasteiger partial charge in [-0.2, -0.15) is 0 Å². The standard InChI is InChI=1S/C12H16FN3O/c1-3-16-10-6-8(13)4-5-9(10)15-12(16)11(14)7(2)17/h4-7,11,17H,3,14H2,1-2H3. The number of nitrogens with zero attached hydrogens (tertiary/aromatic N) is 2. The molecule has 3 N–H and O–H groups in total. The van der Waals surface area contributed by atoms with Crippen LogP contribution in [-0.4, -0.2) is 20.8 Å². The molecule has 0 saturated carbocycles. The number of halogens is 1. The Morgan fingerprint density at radius 2 is 2.24 bits per heavy atom. The lowest BCUT2D eigenvalue weighted by molar-refractivity contribution is 0.159. The molecule has 2 aromatic rings. The Balaban J connectivity index is 2.64. The molecule has 1 heterocycles. The van der Waals surface area contributed by atoms with E-state index in [1.165, 1.54) is 12.1 Å². The number of hydrogen-bond acceptors (Lipinski definition) is 3. The Kier molecular flexibility index (Phi) is 3.13. The topological polar surface area (TPSA) is 64.1 Å². The van der Waals surface area contributed by atoms with Crippen molar-refractivity contribution in [1.29, 1.82) is 0 Å². The van der Waals surface area contributed by atoms with Gasteiger partial charge in [-0.3, -0.25) is 0 Å². The first-order valence-electron chi connectivity index (χ1n) is 5.64. The smallest absolute Gasteiger partial charge is 0.129 e. The lowest BCUT2D eigenvalue weighted by atomic mass is 10.2. The average Bonchev–Trinajstić information content (AvgIpc) is 2.65. The number of aliphatic hydroxyl groups is 1. The summed E-state index contributed by atoms with van der Waals surface area (Å²) in [6.45, 7) is 4.19. The minimum Gasteiger partial charge on any atom is -0.391 e. The Bertz CT molecular complexity index is 536. The van der Waals surface area contributed by atoms with E-state index in [-0.39, 0.29) is 5.82 Å². The lowest BCUT2D eigenvalue weighted by Gasteiger charge is -2.15. The first-order chi connectivity index (χ1) is 8.04. The second kappa shape index (κ2) is 4.43. The molecule has 0 spiro atoms. The molecule has 5 heteroatoms. The van der Waals surface area contributed by atoms with Crippen molar-refractivity contribution in [3.63, 3.8) is 0 Å². The fraction of sp³-hybridized carbons (Fsp3) is 0.417. The minimum atomic E-state index is -0.693. The SMILES string of the molecule is CCn1c(C(N)C(C)O)nc2ccc(F)cc21. The van der Waals surface area contributed by atoms with Crippen LogP contribution < -0.4 is 5.73 Å². The predicted molar refractivity (Wildman–Crippen MR) is 64.0 cm³/mol. The molecular weight excluding hydrogens is 221 g/mol. The summed E-state index contributed by atoms with van der Waals surface area (Å²) in [7, 11) is 0. The number of nitrogens with two attached hydrogens (primary N) is 1. The van der Waals surface area contributed by atoms with Gasteiger partial charge in [0, 0.05) is 6.54 Å². The third-order valence-corrected chi connectivity index (χ3v) is 2.87. The van der Waals surface area contributed by atoms with Crippen molar-refractivity contribution in [1.82, 2.24) is 9.55 Å². The third-order valence-electron chi connectivity index (χ3n) is 2.87. The molecule has 2 unspecified atom stereocenters. The van der Waals surface area contributed by atoms with Gasteiger partial charge in [-0.15, -0.1) is 0 Å². The first kappa shape index (κ1) is 12.0. The van der Waals surface area contributed by atoms with Crippen LogP contribution in [0.4, 0.5) is 4.39 Å². The zero-order valence-corrected chi connectivity index (χ0v) is 9.89. The number of benzene rings is 1. The number of rotatable bonds is 3. The summed E-state index contributed by atoms with van der Waals surface area (Å²) in [5.74, 6) is 0.285. The van der Waals surface area contributed by atoms with Crippen LogP contribution in [-0.2, 0) is 6.54 Å². The molecule has 0 amide bonds. The van der Waals surface area contributed by atoms with Gasteiger partial charge in [0.1, 0.15) is 11.6 Å². The van der Waals surface area contributed by atoms with Crippen LogP contribution in [0.25, 0.3) is 11.0 Å². The fourth-order valence-corrected chi connectivity index (χ4v) is 1.92. The predicted octanol–water partition coefficient (Wildman–Crippen LogP) is 1.58. The minimum absolute atomic E-state index is 0.302. The van der Waals surface area contributed by atoms with Crippen LogP contribution in [0.15, 0.2) is 18.2 Å². The second-order valence-corrected chi connectivity index (χ2v) is 4.11. The summed E-state index contributed by atoms with van der Waals surface area (Å²) in [6, 6.07) is 3.86. The number of aryl methyl sites for hydroxylation is 1. The summed E-state index contributed by atoms with van der Waals surface area (Å²) in [6.07, 6.45) is -0.693. The van der Waals surface area contributed by atoms with Crippen LogP contribution in [0, 0.1) is 5.82 Å². The van der Waals surface area contributed by atoms with E-state index in [4.69, 9.17) is 5.73 Å². The molecule has 0 aliphatic heterocycles. The zero-order chi connectivity index (χ0) is 12.6. The van der Waals surface area contributed by atoms with Gasteiger partial charge in [0.25, 0.3) is 0 Å². The van der Waals surface area contributed by atoms with Gasteiger partial charge in [0.15, 0.2) is 0 Å². The summed E-state index contributed by atoms with van der Waals surface area (Å²) in [4.78, 5) is 4.36. The van der Waals surface area contributed by atoms with Crippen LogP contribution in [0.1, 0.15) is 25.7 Å². The van der Waals surface area contributed by atoms with E-state index in [1.54, 1.807) is 13.0 Å². The normalized spacial score (nSPS) is 15.1. The molecule has 0 saturated heterocycles. The first-order valence-corrected chi connectivity index (χ1v) is 5.64. The lowest BCUT2D eigenvalue weighted by Crippen LogP contribution is -2.26. The number of fused-ring (bicyclic) bond motifs is 1. The van der Waals surface area contributed by atoms with E-state index < -0.39 is 12.1 Å². The van der Waals surface area contributed by atoms with Gasteiger partial charge in [-0.25, -0.2) is 9.37 Å². The van der Waals surface area contributed by atoms with E-state index in [0.717, 1.165) is 0 Å². The maximum Gasteiger partial charge on any atom is 0.129 e. The number of aromatic nitrogens is 2. The van der Waals surface area contributed by atoms with E-state index in [0.29, 0.717) is 23.4 Å². The highest BCUT2D eigenvalue weighted by Gasteiger charge is 2.20. The quantitative estimate of drug-likeness (QED) is 0.851. The third kappa shape index (κ3) is 2.03. The molecule has 17 heavy (non-hydrogen) atoms. The van der Waals surface area contributed by atoms with Crippen molar-refractivity contribution >= 4 is 11.0 Å². The van der Waals surface area contributed by atoms with Crippen molar-refractivity contribution in [2.75, 3.05) is 0 Å². The van der Waals surface area contributed by atoms with Gasteiger partial charge >= 0.3 is 0 Å². The molecule has 0 fully saturated rings. The highest BCUT2D eigenvalue weighted by Crippen LogP contribution is 2.22. The molecule has 0 aliphatic carbocycles. The van der Waals surface area contributed by atoms with Crippen molar-refractivity contribution in [2.24, 2.45) is 5.73 Å². The van der Waals surface area contributed by atoms with Gasteiger partial charge in [-0.1, -0.05) is 0 Å². The maximum absolute atomic E-state index is 13.2. The molecule has 2 rings (SSSR count). The molecule has 1 aromatic carbocycles. The monoisotopic (exact) mass is 237 g/mol. The highest BCUT2D eigenvalue weighted by atomic mass is 19.1. The Labute approximate surface area is 98.9 Å². The summed E-state index contributed by atoms with van der Waals surface area (Å²) < 4.78 is 15.0. The van der Waals surface area contributed by atoms with Gasteiger partial charge in [-0.05, 0) is 32.0 Å². The van der Waals surface area contributed by atoms with E-state index in [1.807, 2.05) is 11.5 Å². The summed E-state index contributed by atoms with van der Waals surface area (Å²) in [5, 5.41) is 9.52. The molecular formula is C12H16FN3O. The molecule has 4 nitrogen and oxygen atoms in total. The van der Waals surface area contributed by atoms with Crippen molar-refractivity contribution < 1.29 is 9.50 Å². The van der Waals surface area contributed by atoms with E-state index >= 15 is 0 Å². The Morgan fingerprint density at radius 1 is 1.53 bits per heavy atom. The zero-order valence-electron chi connectivity index (χ0n) is 9.89. The van der Waals surface area contributed by atoms with Crippen molar-refractivity contribution in [2.45, 2.75) is 32.5 Å². The van der Waals surface area contributed by atoms with Crippen molar-refractivity contribution in [3.8, 4) is 0 Å². The molecule has 92 valence electrons. The number of aliphatic hydroxyl groups excluding tert-OH is 1. The van der Waals surface area contributed by atoms with Crippen molar-refractivity contribution in [3.05, 3.63) is 29.8 Å². The molecule has 0 bridgehead atoms. The van der Waals surface area contributed by atoms with E-state index in [2.05, 4.69) is 4.98 Å². The molecule has 0 radical (unpaired) electrons. The largest absolute Gasteiger partial charge is 0.391 e. The Morgan fingerprint density at radius 3 is 2.82 bits per heavy atom. The summed E-state index contributed by atoms with van der Waals surface area (Å²) in [5.41, 5.74) is 7.29. The molecule has 0 aliphatic rings. The number of imidazole rings is 1. The molecule has 1 aromatic heterocycles. The molecule has 2 atom stereocenters. The fourth-order valence-electron chi connectivity index (χ4n) is 1.92. The Hall–Kier alpha value is -1.46. The second-order valence-electron chi connectivity index (χ2n) is 4.11.